The summed E-state index contributed by atoms with van der Waals surface area (Å²) in [6.45, 7) is 0.123. The van der Waals surface area contributed by atoms with E-state index < -0.39 is 11.7 Å². The van der Waals surface area contributed by atoms with Crippen molar-refractivity contribution in [3.63, 3.8) is 0 Å². The van der Waals surface area contributed by atoms with E-state index in [4.69, 9.17) is 5.73 Å². The van der Waals surface area contributed by atoms with Crippen LogP contribution in [0.1, 0.15) is 11.4 Å². The Labute approximate surface area is 101 Å². The zero-order valence-corrected chi connectivity index (χ0v) is 9.57. The first-order valence-electron chi connectivity index (χ1n) is 5.20. The Morgan fingerprint density at radius 3 is 2.44 bits per heavy atom. The molecule has 0 aliphatic rings. The summed E-state index contributed by atoms with van der Waals surface area (Å²) in [5.74, 6) is 0.588. The van der Waals surface area contributed by atoms with Crippen molar-refractivity contribution in [2.24, 2.45) is 12.8 Å². The van der Waals surface area contributed by atoms with Crippen LogP contribution < -0.4 is 5.73 Å². The zero-order chi connectivity index (χ0) is 13.3. The molecular weight excluding hydrogens is 245 g/mol. The van der Waals surface area contributed by atoms with E-state index in [1.165, 1.54) is 22.8 Å². The van der Waals surface area contributed by atoms with Gasteiger partial charge in [0.15, 0.2) is 5.82 Å². The number of nitrogens with zero attached hydrogens (tertiary/aromatic N) is 3. The van der Waals surface area contributed by atoms with Crippen molar-refractivity contribution < 1.29 is 13.2 Å². The first kappa shape index (κ1) is 12.6. The van der Waals surface area contributed by atoms with Gasteiger partial charge in [0.25, 0.3) is 0 Å². The summed E-state index contributed by atoms with van der Waals surface area (Å²) in [6.07, 6.45) is -4.43. The molecule has 4 nitrogen and oxygen atoms in total. The Kier molecular flexibility index (Phi) is 3.08. The molecule has 0 atom stereocenters. The fraction of sp³-hybridized carbons (Fsp3) is 0.273. The summed E-state index contributed by atoms with van der Waals surface area (Å²) in [7, 11) is 1.59. The monoisotopic (exact) mass is 256 g/mol. The Morgan fingerprint density at radius 2 is 1.89 bits per heavy atom. The van der Waals surface area contributed by atoms with Crippen LogP contribution in [0.2, 0.25) is 0 Å². The van der Waals surface area contributed by atoms with E-state index in [1.807, 2.05) is 0 Å². The second-order valence-corrected chi connectivity index (χ2v) is 3.75. The fourth-order valence-electron chi connectivity index (χ4n) is 1.70. The number of rotatable bonds is 2. The fourth-order valence-corrected chi connectivity index (χ4v) is 1.70. The smallest absolute Gasteiger partial charge is 0.324 e. The summed E-state index contributed by atoms with van der Waals surface area (Å²) in [5.41, 5.74) is 4.69. The molecule has 2 rings (SSSR count). The van der Waals surface area contributed by atoms with Crippen LogP contribution in [0.15, 0.2) is 24.3 Å². The third-order valence-corrected chi connectivity index (χ3v) is 2.62. The molecule has 0 aliphatic heterocycles. The largest absolute Gasteiger partial charge is 0.417 e. The Hall–Kier alpha value is -1.89. The van der Waals surface area contributed by atoms with Gasteiger partial charge < -0.3 is 10.3 Å². The molecule has 2 aromatic rings. The number of benzene rings is 1. The van der Waals surface area contributed by atoms with Crippen LogP contribution in [0.5, 0.6) is 0 Å². The third kappa shape index (κ3) is 2.08. The van der Waals surface area contributed by atoms with Gasteiger partial charge in [0, 0.05) is 12.6 Å². The molecule has 18 heavy (non-hydrogen) atoms. The van der Waals surface area contributed by atoms with E-state index in [0.29, 0.717) is 5.82 Å². The topological polar surface area (TPSA) is 56.7 Å². The van der Waals surface area contributed by atoms with E-state index >= 15 is 0 Å². The van der Waals surface area contributed by atoms with Gasteiger partial charge in [-0.1, -0.05) is 18.2 Å². The minimum Gasteiger partial charge on any atom is -0.324 e. The Morgan fingerprint density at radius 1 is 1.22 bits per heavy atom. The van der Waals surface area contributed by atoms with E-state index in [-0.39, 0.29) is 17.9 Å². The van der Waals surface area contributed by atoms with Gasteiger partial charge in [-0.25, -0.2) is 0 Å². The van der Waals surface area contributed by atoms with Crippen LogP contribution in [-0.2, 0) is 19.8 Å². The second kappa shape index (κ2) is 4.41. The minimum atomic E-state index is -4.43. The predicted molar refractivity (Wildman–Crippen MR) is 59.3 cm³/mol. The predicted octanol–water partition coefficient (Wildman–Crippen LogP) is 1.96. The van der Waals surface area contributed by atoms with Gasteiger partial charge in [0.2, 0.25) is 0 Å². The molecule has 0 spiro atoms. The van der Waals surface area contributed by atoms with E-state index in [1.54, 1.807) is 7.05 Å². The molecule has 0 aliphatic carbocycles. The molecule has 0 radical (unpaired) electrons. The lowest BCUT2D eigenvalue weighted by Crippen LogP contribution is -2.10. The standard InChI is InChI=1S/C11H11F3N4/c1-18-9(6-15)16-17-10(18)7-4-2-3-5-8(7)11(12,13)14/h2-5H,6,15H2,1H3. The number of alkyl halides is 3. The maximum atomic E-state index is 12.9. The average Bonchev–Trinajstić information content (AvgIpc) is 2.69. The van der Waals surface area contributed by atoms with Crippen molar-refractivity contribution in [2.75, 3.05) is 0 Å². The number of hydrogen-bond acceptors (Lipinski definition) is 3. The van der Waals surface area contributed by atoms with Gasteiger partial charge >= 0.3 is 6.18 Å². The number of aromatic nitrogens is 3. The molecule has 2 N–H and O–H groups in total. The lowest BCUT2D eigenvalue weighted by molar-refractivity contribution is -0.137. The van der Waals surface area contributed by atoms with E-state index in [9.17, 15) is 13.2 Å². The highest BCUT2D eigenvalue weighted by atomic mass is 19.4. The van der Waals surface area contributed by atoms with E-state index in [0.717, 1.165) is 6.07 Å². The highest BCUT2D eigenvalue weighted by Gasteiger charge is 2.34. The normalized spacial score (nSPS) is 11.8. The SMILES string of the molecule is Cn1c(CN)nnc1-c1ccccc1C(F)(F)F. The molecule has 0 fully saturated rings. The lowest BCUT2D eigenvalue weighted by atomic mass is 10.1. The molecule has 0 bridgehead atoms. The van der Waals surface area contributed by atoms with Gasteiger partial charge in [-0.15, -0.1) is 10.2 Å². The summed E-state index contributed by atoms with van der Waals surface area (Å²) in [5, 5.41) is 7.52. The third-order valence-electron chi connectivity index (χ3n) is 2.62. The highest BCUT2D eigenvalue weighted by Crippen LogP contribution is 2.36. The first-order valence-corrected chi connectivity index (χ1v) is 5.20. The lowest BCUT2D eigenvalue weighted by Gasteiger charge is -2.12. The van der Waals surface area contributed by atoms with Gasteiger partial charge in [-0.3, -0.25) is 0 Å². The summed E-state index contributed by atoms with van der Waals surface area (Å²) < 4.78 is 40.1. The quantitative estimate of drug-likeness (QED) is 0.893. The van der Waals surface area contributed by atoms with Gasteiger partial charge in [0.05, 0.1) is 12.1 Å². The summed E-state index contributed by atoms with van der Waals surface area (Å²) in [6, 6.07) is 5.26. The van der Waals surface area contributed by atoms with Crippen LogP contribution in [0.25, 0.3) is 11.4 Å². The Balaban J connectivity index is 2.61. The van der Waals surface area contributed by atoms with Crippen molar-refractivity contribution >= 4 is 0 Å². The number of halogens is 3. The summed E-state index contributed by atoms with van der Waals surface area (Å²) in [4.78, 5) is 0. The highest BCUT2D eigenvalue weighted by molar-refractivity contribution is 5.61. The molecule has 1 heterocycles. The van der Waals surface area contributed by atoms with Crippen LogP contribution in [0, 0.1) is 0 Å². The van der Waals surface area contributed by atoms with Crippen molar-refractivity contribution in [1.29, 1.82) is 0 Å². The molecule has 96 valence electrons. The zero-order valence-electron chi connectivity index (χ0n) is 9.57. The molecule has 1 aromatic carbocycles. The van der Waals surface area contributed by atoms with Crippen LogP contribution in [-0.4, -0.2) is 14.8 Å². The minimum absolute atomic E-state index is 0.000278. The number of hydrogen-bond donors (Lipinski definition) is 1. The summed E-state index contributed by atoms with van der Waals surface area (Å²) >= 11 is 0. The van der Waals surface area contributed by atoms with Crippen LogP contribution in [0.3, 0.4) is 0 Å². The molecule has 1 aromatic heterocycles. The van der Waals surface area contributed by atoms with Crippen molar-refractivity contribution in [3.05, 3.63) is 35.7 Å². The molecular formula is C11H11F3N4. The van der Waals surface area contributed by atoms with Crippen molar-refractivity contribution in [2.45, 2.75) is 12.7 Å². The maximum absolute atomic E-state index is 12.9. The maximum Gasteiger partial charge on any atom is 0.417 e. The molecule has 0 saturated carbocycles. The van der Waals surface area contributed by atoms with E-state index in [2.05, 4.69) is 10.2 Å². The van der Waals surface area contributed by atoms with Gasteiger partial charge in [0.1, 0.15) is 5.82 Å². The molecule has 0 unspecified atom stereocenters. The first-order chi connectivity index (χ1) is 8.45. The van der Waals surface area contributed by atoms with Gasteiger partial charge in [-0.05, 0) is 6.07 Å². The van der Waals surface area contributed by atoms with Crippen molar-refractivity contribution in [1.82, 2.24) is 14.8 Å². The van der Waals surface area contributed by atoms with Gasteiger partial charge in [-0.2, -0.15) is 13.2 Å². The Bertz CT molecular complexity index is 560. The van der Waals surface area contributed by atoms with Crippen LogP contribution >= 0.6 is 0 Å². The molecule has 7 heteroatoms. The van der Waals surface area contributed by atoms with Crippen molar-refractivity contribution in [3.8, 4) is 11.4 Å². The molecule has 0 amide bonds. The molecule has 0 saturated heterocycles. The number of nitrogens with two attached hydrogens (primary N) is 1. The second-order valence-electron chi connectivity index (χ2n) is 3.75. The van der Waals surface area contributed by atoms with Crippen LogP contribution in [0.4, 0.5) is 13.2 Å². The average molecular weight is 256 g/mol.